The minimum atomic E-state index is 0.0124. The molecular formula is C11H17N3OS. The minimum Gasteiger partial charge on any atom is -0.397 e. The number of rotatable bonds is 6. The number of thioether (sulfide) groups is 1. The molecule has 0 bridgehead atoms. The predicted octanol–water partition coefficient (Wildman–Crippen LogP) is 1.08. The molecule has 0 aliphatic rings. The molecule has 0 fully saturated rings. The van der Waals surface area contributed by atoms with Gasteiger partial charge in [-0.05, 0) is 30.6 Å². The fourth-order valence-electron chi connectivity index (χ4n) is 1.21. The first-order valence-electron chi connectivity index (χ1n) is 5.18. The van der Waals surface area contributed by atoms with Crippen LogP contribution in [0.1, 0.15) is 12.1 Å². The topological polar surface area (TPSA) is 68.0 Å². The van der Waals surface area contributed by atoms with Crippen molar-refractivity contribution in [3.8, 4) is 0 Å². The molecule has 0 aliphatic heterocycles. The first-order valence-corrected chi connectivity index (χ1v) is 6.58. The molecular weight excluding hydrogens is 222 g/mol. The van der Waals surface area contributed by atoms with Crippen molar-refractivity contribution >= 4 is 23.4 Å². The molecule has 0 unspecified atom stereocenters. The molecule has 1 heterocycles. The number of amides is 1. The van der Waals surface area contributed by atoms with Crippen LogP contribution in [-0.2, 0) is 11.2 Å². The maximum atomic E-state index is 11.5. The second kappa shape index (κ2) is 7.11. The van der Waals surface area contributed by atoms with Crippen molar-refractivity contribution in [3.63, 3.8) is 0 Å². The van der Waals surface area contributed by atoms with Crippen LogP contribution >= 0.6 is 11.8 Å². The molecule has 0 spiro atoms. The van der Waals surface area contributed by atoms with Crippen molar-refractivity contribution in [2.45, 2.75) is 12.8 Å². The molecule has 3 N–H and O–H groups in total. The second-order valence-electron chi connectivity index (χ2n) is 3.46. The Balaban J connectivity index is 2.26. The largest absolute Gasteiger partial charge is 0.397 e. The van der Waals surface area contributed by atoms with Gasteiger partial charge in [0.1, 0.15) is 0 Å². The number of nitrogens with one attached hydrogen (secondary N) is 1. The summed E-state index contributed by atoms with van der Waals surface area (Å²) < 4.78 is 0. The minimum absolute atomic E-state index is 0.0124. The number of nitrogen functional groups attached to an aromatic ring is 1. The Labute approximate surface area is 100 Å². The van der Waals surface area contributed by atoms with E-state index in [9.17, 15) is 4.79 Å². The van der Waals surface area contributed by atoms with Crippen molar-refractivity contribution in [1.29, 1.82) is 0 Å². The van der Waals surface area contributed by atoms with Gasteiger partial charge in [0.2, 0.25) is 5.91 Å². The lowest BCUT2D eigenvalue weighted by Crippen LogP contribution is -2.26. The number of nitrogens with two attached hydrogens (primary N) is 1. The molecule has 16 heavy (non-hydrogen) atoms. The summed E-state index contributed by atoms with van der Waals surface area (Å²) in [6, 6.07) is 3.53. The van der Waals surface area contributed by atoms with E-state index in [0.717, 1.165) is 24.4 Å². The zero-order chi connectivity index (χ0) is 11.8. The number of hydrogen-bond acceptors (Lipinski definition) is 4. The number of anilines is 1. The highest BCUT2D eigenvalue weighted by Gasteiger charge is 2.03. The summed E-state index contributed by atoms with van der Waals surface area (Å²) in [7, 11) is 0. The Bertz CT molecular complexity index is 327. The van der Waals surface area contributed by atoms with Gasteiger partial charge in [-0.3, -0.25) is 9.78 Å². The summed E-state index contributed by atoms with van der Waals surface area (Å²) in [5, 5.41) is 2.86. The highest BCUT2D eigenvalue weighted by atomic mass is 32.2. The number of carbonyl (C=O) groups is 1. The molecule has 1 aromatic heterocycles. The van der Waals surface area contributed by atoms with E-state index in [1.807, 2.05) is 0 Å². The molecule has 0 atom stereocenters. The third-order valence-corrected chi connectivity index (χ3v) is 2.73. The van der Waals surface area contributed by atoms with Gasteiger partial charge in [-0.2, -0.15) is 11.8 Å². The number of nitrogens with zero attached hydrogens (tertiary/aromatic N) is 1. The third-order valence-electron chi connectivity index (χ3n) is 2.04. The Kier molecular flexibility index (Phi) is 5.71. The Morgan fingerprint density at radius 3 is 3.00 bits per heavy atom. The number of aromatic nitrogens is 1. The molecule has 1 amide bonds. The summed E-state index contributed by atoms with van der Waals surface area (Å²) in [6.45, 7) is 0.731. The van der Waals surface area contributed by atoms with E-state index in [4.69, 9.17) is 5.73 Å². The van der Waals surface area contributed by atoms with Gasteiger partial charge in [-0.25, -0.2) is 0 Å². The molecule has 88 valence electrons. The van der Waals surface area contributed by atoms with Gasteiger partial charge in [0, 0.05) is 12.2 Å². The number of carbonyl (C=O) groups excluding carboxylic acids is 1. The van der Waals surface area contributed by atoms with Gasteiger partial charge in [0.25, 0.3) is 0 Å². The third kappa shape index (κ3) is 5.02. The van der Waals surface area contributed by atoms with Gasteiger partial charge < -0.3 is 11.1 Å². The molecule has 1 rings (SSSR count). The molecule has 0 saturated heterocycles. The van der Waals surface area contributed by atoms with Gasteiger partial charge in [0.05, 0.1) is 18.3 Å². The first kappa shape index (κ1) is 12.8. The Morgan fingerprint density at radius 1 is 1.56 bits per heavy atom. The maximum Gasteiger partial charge on any atom is 0.226 e. The molecule has 0 aliphatic carbocycles. The van der Waals surface area contributed by atoms with Crippen LogP contribution in [0.25, 0.3) is 0 Å². The zero-order valence-electron chi connectivity index (χ0n) is 9.40. The molecule has 0 saturated carbocycles. The molecule has 0 aromatic carbocycles. The van der Waals surface area contributed by atoms with E-state index in [1.54, 1.807) is 30.1 Å². The Hall–Kier alpha value is -1.23. The molecule has 1 aromatic rings. The first-order chi connectivity index (χ1) is 7.72. The van der Waals surface area contributed by atoms with E-state index in [1.165, 1.54) is 0 Å². The van der Waals surface area contributed by atoms with Gasteiger partial charge in [-0.15, -0.1) is 0 Å². The van der Waals surface area contributed by atoms with Crippen molar-refractivity contribution in [2.24, 2.45) is 0 Å². The summed E-state index contributed by atoms with van der Waals surface area (Å²) >= 11 is 1.78. The molecule has 5 heteroatoms. The van der Waals surface area contributed by atoms with Crippen molar-refractivity contribution in [3.05, 3.63) is 24.0 Å². The zero-order valence-corrected chi connectivity index (χ0v) is 10.2. The Morgan fingerprint density at radius 2 is 2.38 bits per heavy atom. The average molecular weight is 239 g/mol. The number of hydrogen-bond donors (Lipinski definition) is 2. The molecule has 4 nitrogen and oxygen atoms in total. The monoisotopic (exact) mass is 239 g/mol. The summed E-state index contributed by atoms with van der Waals surface area (Å²) in [4.78, 5) is 15.5. The van der Waals surface area contributed by atoms with Crippen molar-refractivity contribution in [1.82, 2.24) is 10.3 Å². The van der Waals surface area contributed by atoms with E-state index in [0.29, 0.717) is 12.1 Å². The van der Waals surface area contributed by atoms with Crippen molar-refractivity contribution in [2.75, 3.05) is 24.3 Å². The van der Waals surface area contributed by atoms with Crippen LogP contribution in [0.3, 0.4) is 0 Å². The van der Waals surface area contributed by atoms with Crippen LogP contribution < -0.4 is 11.1 Å². The summed E-state index contributed by atoms with van der Waals surface area (Å²) in [5.74, 6) is 1.08. The summed E-state index contributed by atoms with van der Waals surface area (Å²) in [6.07, 6.45) is 4.94. The maximum absolute atomic E-state index is 11.5. The van der Waals surface area contributed by atoms with Gasteiger partial charge >= 0.3 is 0 Å². The van der Waals surface area contributed by atoms with Crippen LogP contribution in [0.4, 0.5) is 5.69 Å². The SMILES string of the molecule is CSCCCNC(=O)Cc1ccc(N)cn1. The van der Waals surface area contributed by atoms with E-state index >= 15 is 0 Å². The lowest BCUT2D eigenvalue weighted by atomic mass is 10.2. The summed E-state index contributed by atoms with van der Waals surface area (Å²) in [5.41, 5.74) is 6.87. The van der Waals surface area contributed by atoms with Gasteiger partial charge in [-0.1, -0.05) is 0 Å². The van der Waals surface area contributed by atoms with Crippen LogP contribution in [0.5, 0.6) is 0 Å². The van der Waals surface area contributed by atoms with Crippen LogP contribution in [-0.4, -0.2) is 29.4 Å². The quantitative estimate of drug-likeness (QED) is 0.729. The van der Waals surface area contributed by atoms with Crippen LogP contribution in [0, 0.1) is 0 Å². The highest BCUT2D eigenvalue weighted by Crippen LogP contribution is 2.01. The second-order valence-corrected chi connectivity index (χ2v) is 4.44. The van der Waals surface area contributed by atoms with E-state index in [-0.39, 0.29) is 5.91 Å². The lowest BCUT2D eigenvalue weighted by molar-refractivity contribution is -0.120. The predicted molar refractivity (Wildman–Crippen MR) is 68.4 cm³/mol. The van der Waals surface area contributed by atoms with E-state index < -0.39 is 0 Å². The fourth-order valence-corrected chi connectivity index (χ4v) is 1.64. The fraction of sp³-hybridized carbons (Fsp3) is 0.455. The lowest BCUT2D eigenvalue weighted by Gasteiger charge is -2.04. The van der Waals surface area contributed by atoms with Crippen LogP contribution in [0.2, 0.25) is 0 Å². The van der Waals surface area contributed by atoms with Crippen LogP contribution in [0.15, 0.2) is 18.3 Å². The smallest absolute Gasteiger partial charge is 0.226 e. The highest BCUT2D eigenvalue weighted by molar-refractivity contribution is 7.98. The standard InChI is InChI=1S/C11H17N3OS/c1-16-6-2-5-13-11(15)7-10-4-3-9(12)8-14-10/h3-4,8H,2,5-7,12H2,1H3,(H,13,15). The van der Waals surface area contributed by atoms with Gasteiger partial charge in [0.15, 0.2) is 0 Å². The molecule has 0 radical (unpaired) electrons. The van der Waals surface area contributed by atoms with E-state index in [2.05, 4.69) is 16.6 Å². The number of pyridine rings is 1. The average Bonchev–Trinajstić information content (AvgIpc) is 2.28. The normalized spacial score (nSPS) is 10.1. The van der Waals surface area contributed by atoms with Crippen molar-refractivity contribution < 1.29 is 4.79 Å².